The smallest absolute Gasteiger partial charge is 0.393 e. The molecule has 4 nitrogen and oxygen atoms in total. The lowest BCUT2D eigenvalue weighted by Crippen LogP contribution is -2.46. The molecule has 38 heavy (non-hydrogen) atoms. The van der Waals surface area contributed by atoms with Gasteiger partial charge in [0.2, 0.25) is 0 Å². The van der Waals surface area contributed by atoms with Crippen molar-refractivity contribution in [1.29, 1.82) is 0 Å². The molecule has 0 saturated carbocycles. The maximum absolute atomic E-state index is 13.7. The molecule has 0 radical (unpaired) electrons. The second kappa shape index (κ2) is 11.4. The number of rotatable bonds is 7. The Labute approximate surface area is 214 Å². The largest absolute Gasteiger partial charge is 0.416 e. The summed E-state index contributed by atoms with van der Waals surface area (Å²) in [5, 5.41) is 9.99. The average molecular weight is 543 g/mol. The molecule has 0 aromatic heterocycles. The zero-order chi connectivity index (χ0) is 27.5. The number of hydrogen-bond donors (Lipinski definition) is 1. The van der Waals surface area contributed by atoms with Crippen LogP contribution >= 0.6 is 0 Å². The van der Waals surface area contributed by atoms with Crippen molar-refractivity contribution in [2.45, 2.75) is 37.3 Å². The van der Waals surface area contributed by atoms with Gasteiger partial charge in [0.25, 0.3) is 0 Å². The van der Waals surface area contributed by atoms with Gasteiger partial charge in [-0.05, 0) is 47.0 Å². The Balaban J connectivity index is 1.69. The summed E-state index contributed by atoms with van der Waals surface area (Å²) in [5.41, 5.74) is -2.05. The van der Waals surface area contributed by atoms with E-state index in [-0.39, 0.29) is 12.7 Å². The second-order valence-corrected chi connectivity index (χ2v) is 8.84. The van der Waals surface area contributed by atoms with Gasteiger partial charge in [-0.2, -0.15) is 26.3 Å². The highest BCUT2D eigenvalue weighted by atomic mass is 19.4. The van der Waals surface area contributed by atoms with E-state index < -0.39 is 59.9 Å². The number of halogens is 7. The molecule has 3 aromatic rings. The van der Waals surface area contributed by atoms with E-state index >= 15 is 0 Å². The molecule has 1 fully saturated rings. The van der Waals surface area contributed by atoms with E-state index in [0.717, 1.165) is 5.56 Å². The highest BCUT2D eigenvalue weighted by Crippen LogP contribution is 2.40. The van der Waals surface area contributed by atoms with Gasteiger partial charge < -0.3 is 14.6 Å². The van der Waals surface area contributed by atoms with Crippen LogP contribution in [-0.2, 0) is 28.4 Å². The second-order valence-electron chi connectivity index (χ2n) is 8.84. The number of aliphatic hydroxyl groups excluding tert-OH is 1. The Morgan fingerprint density at radius 1 is 0.895 bits per heavy atom. The SMILES string of the molecule is OC[C@H](OC1OCCN(Cc2ccccc2)C1c1ccc(F)cc1)c1cc(C(F)(F)F)cc(C(F)(F)F)c1. The summed E-state index contributed by atoms with van der Waals surface area (Å²) in [6.45, 7) is 0.0665. The van der Waals surface area contributed by atoms with Gasteiger partial charge in [-0.25, -0.2) is 4.39 Å². The third-order valence-corrected chi connectivity index (χ3v) is 6.20. The zero-order valence-corrected chi connectivity index (χ0v) is 19.8. The van der Waals surface area contributed by atoms with E-state index in [1.807, 2.05) is 35.2 Å². The van der Waals surface area contributed by atoms with E-state index in [1.54, 1.807) is 0 Å². The summed E-state index contributed by atoms with van der Waals surface area (Å²) in [7, 11) is 0. The number of alkyl halides is 6. The standard InChI is InChI=1S/C27H24F7NO3/c28-22-8-6-18(7-9-22)24-25(37-11-10-35(24)15-17-4-2-1-3-5-17)38-23(16-36)19-12-20(26(29,30)31)14-21(13-19)27(32,33)34/h1-9,12-14,23-25,36H,10-11,15-16H2/t23-,24?,25?/m0/s1. The Morgan fingerprint density at radius 2 is 1.50 bits per heavy atom. The first-order valence-electron chi connectivity index (χ1n) is 11.7. The molecule has 0 aliphatic carbocycles. The van der Waals surface area contributed by atoms with Crippen molar-refractivity contribution < 1.29 is 45.3 Å². The predicted molar refractivity (Wildman–Crippen MR) is 123 cm³/mol. The summed E-state index contributed by atoms with van der Waals surface area (Å²) < 4.78 is 106. The molecule has 2 unspecified atom stereocenters. The van der Waals surface area contributed by atoms with Gasteiger partial charge in [-0.3, -0.25) is 4.90 Å². The summed E-state index contributed by atoms with van der Waals surface area (Å²) in [6.07, 6.45) is -12.9. The van der Waals surface area contributed by atoms with Crippen LogP contribution in [0.1, 0.15) is 40.0 Å². The number of nitrogens with zero attached hydrogens (tertiary/aromatic N) is 1. The molecule has 0 spiro atoms. The summed E-state index contributed by atoms with van der Waals surface area (Å²) in [6, 6.07) is 15.2. The number of aliphatic hydroxyl groups is 1. The quantitative estimate of drug-likeness (QED) is 0.345. The van der Waals surface area contributed by atoms with Crippen molar-refractivity contribution in [2.75, 3.05) is 19.8 Å². The molecule has 204 valence electrons. The number of morpholine rings is 1. The molecule has 0 bridgehead atoms. The normalized spacial score (nSPS) is 19.9. The number of benzene rings is 3. The molecule has 3 aromatic carbocycles. The minimum Gasteiger partial charge on any atom is -0.393 e. The van der Waals surface area contributed by atoms with Crippen molar-refractivity contribution in [2.24, 2.45) is 0 Å². The maximum atomic E-state index is 13.7. The van der Waals surface area contributed by atoms with E-state index in [2.05, 4.69) is 0 Å². The van der Waals surface area contributed by atoms with Gasteiger partial charge >= 0.3 is 12.4 Å². The molecule has 1 heterocycles. The van der Waals surface area contributed by atoms with Crippen molar-refractivity contribution in [1.82, 2.24) is 4.90 Å². The first-order chi connectivity index (χ1) is 18.0. The van der Waals surface area contributed by atoms with Gasteiger partial charge in [0, 0.05) is 13.1 Å². The average Bonchev–Trinajstić information content (AvgIpc) is 2.87. The lowest BCUT2D eigenvalue weighted by atomic mass is 10.00. The summed E-state index contributed by atoms with van der Waals surface area (Å²) in [4.78, 5) is 1.96. The Kier molecular flexibility index (Phi) is 8.41. The summed E-state index contributed by atoms with van der Waals surface area (Å²) >= 11 is 0. The van der Waals surface area contributed by atoms with Crippen LogP contribution in [0.25, 0.3) is 0 Å². The first kappa shape index (κ1) is 28.0. The molecule has 11 heteroatoms. The van der Waals surface area contributed by atoms with Gasteiger partial charge in [0.05, 0.1) is 30.4 Å². The molecule has 4 rings (SSSR count). The fourth-order valence-corrected chi connectivity index (χ4v) is 4.38. The van der Waals surface area contributed by atoms with E-state index in [1.165, 1.54) is 24.3 Å². The molecule has 1 saturated heterocycles. The van der Waals surface area contributed by atoms with E-state index in [9.17, 15) is 35.8 Å². The molecule has 1 N–H and O–H groups in total. The zero-order valence-electron chi connectivity index (χ0n) is 19.8. The fourth-order valence-electron chi connectivity index (χ4n) is 4.38. The monoisotopic (exact) mass is 543 g/mol. The van der Waals surface area contributed by atoms with Crippen LogP contribution in [0.2, 0.25) is 0 Å². The van der Waals surface area contributed by atoms with Gasteiger partial charge in [-0.1, -0.05) is 42.5 Å². The van der Waals surface area contributed by atoms with Gasteiger partial charge in [0.15, 0.2) is 6.29 Å². The highest BCUT2D eigenvalue weighted by molar-refractivity contribution is 5.35. The van der Waals surface area contributed by atoms with Crippen molar-refractivity contribution in [3.63, 3.8) is 0 Å². The van der Waals surface area contributed by atoms with Crippen LogP contribution in [0.4, 0.5) is 30.7 Å². The van der Waals surface area contributed by atoms with Gasteiger partial charge in [-0.15, -0.1) is 0 Å². The lowest BCUT2D eigenvalue weighted by Gasteiger charge is -2.42. The molecule has 1 aliphatic rings. The third kappa shape index (κ3) is 6.71. The number of hydrogen-bond acceptors (Lipinski definition) is 4. The van der Waals surface area contributed by atoms with Crippen LogP contribution in [0.5, 0.6) is 0 Å². The first-order valence-corrected chi connectivity index (χ1v) is 11.7. The lowest BCUT2D eigenvalue weighted by molar-refractivity contribution is -0.238. The van der Waals surface area contributed by atoms with Crippen LogP contribution in [0.15, 0.2) is 72.8 Å². The molecule has 1 aliphatic heterocycles. The maximum Gasteiger partial charge on any atom is 0.416 e. The minimum atomic E-state index is -5.06. The van der Waals surface area contributed by atoms with Crippen LogP contribution in [0, 0.1) is 5.82 Å². The minimum absolute atomic E-state index is 0.0119. The Hall–Kier alpha value is -2.99. The Bertz CT molecular complexity index is 1170. The third-order valence-electron chi connectivity index (χ3n) is 6.20. The van der Waals surface area contributed by atoms with Gasteiger partial charge in [0.1, 0.15) is 11.9 Å². The highest BCUT2D eigenvalue weighted by Gasteiger charge is 2.40. The van der Waals surface area contributed by atoms with Crippen LogP contribution < -0.4 is 0 Å². The fraction of sp³-hybridized carbons (Fsp3) is 0.333. The van der Waals surface area contributed by atoms with Crippen molar-refractivity contribution in [3.8, 4) is 0 Å². The molecular weight excluding hydrogens is 519 g/mol. The van der Waals surface area contributed by atoms with Crippen LogP contribution in [0.3, 0.4) is 0 Å². The molecule has 3 atom stereocenters. The molecule has 0 amide bonds. The molecular formula is C27H24F7NO3. The Morgan fingerprint density at radius 3 is 2.05 bits per heavy atom. The van der Waals surface area contributed by atoms with E-state index in [0.29, 0.717) is 30.8 Å². The topological polar surface area (TPSA) is 41.9 Å². The number of ether oxygens (including phenoxy) is 2. The summed E-state index contributed by atoms with van der Waals surface area (Å²) in [5.74, 6) is -0.491. The van der Waals surface area contributed by atoms with Crippen molar-refractivity contribution in [3.05, 3.63) is 106 Å². The van der Waals surface area contributed by atoms with Crippen molar-refractivity contribution >= 4 is 0 Å². The van der Waals surface area contributed by atoms with E-state index in [4.69, 9.17) is 9.47 Å². The predicted octanol–water partition coefficient (Wildman–Crippen LogP) is 6.51. The van der Waals surface area contributed by atoms with Crippen LogP contribution in [-0.4, -0.2) is 36.1 Å².